The van der Waals surface area contributed by atoms with E-state index in [-0.39, 0.29) is 18.5 Å². The molecule has 8 nitrogen and oxygen atoms in total. The molecule has 22 heavy (non-hydrogen) atoms. The Morgan fingerprint density at radius 3 is 2.73 bits per heavy atom. The molecule has 1 amide bonds. The molecule has 0 aliphatic carbocycles. The molecule has 0 saturated carbocycles. The molecule has 0 aliphatic heterocycles. The third-order valence-corrected chi connectivity index (χ3v) is 3.40. The molecule has 8 heteroatoms. The van der Waals surface area contributed by atoms with E-state index in [1.165, 1.54) is 11.9 Å². The number of aryl methyl sites for hydroxylation is 2. The van der Waals surface area contributed by atoms with Crippen LogP contribution in [0.1, 0.15) is 29.7 Å². The second-order valence-electron chi connectivity index (χ2n) is 5.13. The predicted octanol–water partition coefficient (Wildman–Crippen LogP) is 1.68. The van der Waals surface area contributed by atoms with Gasteiger partial charge < -0.3 is 15.4 Å². The minimum atomic E-state index is -0.702. The standard InChI is InChI=1S/C14H17N5O3/c1-9-4-5-12(6-10(9)2)11(3)16-13(20)7-18-8-15-14(17-18)19(21)22/h4-6,8,11H,7H2,1-3H3,(H,16,20). The molecular weight excluding hydrogens is 286 g/mol. The largest absolute Gasteiger partial charge is 0.490 e. The van der Waals surface area contributed by atoms with E-state index in [2.05, 4.69) is 15.4 Å². The Kier molecular flexibility index (Phi) is 4.50. The fourth-order valence-electron chi connectivity index (χ4n) is 2.00. The number of carbonyl (C=O) groups is 1. The van der Waals surface area contributed by atoms with Gasteiger partial charge in [0.1, 0.15) is 6.54 Å². The van der Waals surface area contributed by atoms with E-state index < -0.39 is 10.9 Å². The first-order chi connectivity index (χ1) is 10.4. The molecule has 0 aliphatic rings. The second kappa shape index (κ2) is 6.33. The van der Waals surface area contributed by atoms with Crippen LogP contribution in [0.4, 0.5) is 5.95 Å². The van der Waals surface area contributed by atoms with E-state index in [0.29, 0.717) is 0 Å². The van der Waals surface area contributed by atoms with Gasteiger partial charge in [-0.1, -0.05) is 23.2 Å². The molecule has 1 atom stereocenters. The van der Waals surface area contributed by atoms with E-state index in [9.17, 15) is 14.9 Å². The van der Waals surface area contributed by atoms with Crippen LogP contribution in [-0.4, -0.2) is 25.6 Å². The van der Waals surface area contributed by atoms with Crippen LogP contribution in [0.15, 0.2) is 24.5 Å². The van der Waals surface area contributed by atoms with Gasteiger partial charge in [-0.25, -0.2) is 0 Å². The Bertz CT molecular complexity index is 710. The van der Waals surface area contributed by atoms with Crippen LogP contribution < -0.4 is 5.32 Å². The highest BCUT2D eigenvalue weighted by Gasteiger charge is 2.16. The number of carbonyl (C=O) groups excluding carboxylic acids is 1. The van der Waals surface area contributed by atoms with E-state index in [4.69, 9.17) is 0 Å². The molecule has 2 rings (SSSR count). The first-order valence-electron chi connectivity index (χ1n) is 6.77. The highest BCUT2D eigenvalue weighted by molar-refractivity contribution is 5.76. The Balaban J connectivity index is 1.98. The molecule has 116 valence electrons. The summed E-state index contributed by atoms with van der Waals surface area (Å²) in [6.45, 7) is 5.81. The Hall–Kier alpha value is -2.77. The van der Waals surface area contributed by atoms with Crippen molar-refractivity contribution < 1.29 is 9.72 Å². The van der Waals surface area contributed by atoms with Gasteiger partial charge in [-0.05, 0) is 42.4 Å². The fourth-order valence-corrected chi connectivity index (χ4v) is 2.00. The van der Waals surface area contributed by atoms with Gasteiger partial charge in [-0.15, -0.1) is 0 Å². The predicted molar refractivity (Wildman–Crippen MR) is 79.2 cm³/mol. The maximum Gasteiger partial charge on any atom is 0.490 e. The number of hydrogen-bond acceptors (Lipinski definition) is 5. The van der Waals surface area contributed by atoms with Crippen molar-refractivity contribution >= 4 is 11.9 Å². The zero-order valence-electron chi connectivity index (χ0n) is 12.6. The van der Waals surface area contributed by atoms with Crippen molar-refractivity contribution in [2.75, 3.05) is 0 Å². The smallest absolute Gasteiger partial charge is 0.390 e. The van der Waals surface area contributed by atoms with E-state index in [0.717, 1.165) is 15.8 Å². The summed E-state index contributed by atoms with van der Waals surface area (Å²) in [6.07, 6.45) is 1.17. The van der Waals surface area contributed by atoms with Crippen molar-refractivity contribution in [3.63, 3.8) is 0 Å². The molecule has 2 aromatic rings. The summed E-state index contributed by atoms with van der Waals surface area (Å²) in [5.41, 5.74) is 3.35. The lowest BCUT2D eigenvalue weighted by atomic mass is 10.0. The van der Waals surface area contributed by atoms with Crippen molar-refractivity contribution in [1.29, 1.82) is 0 Å². The lowest BCUT2D eigenvalue weighted by Gasteiger charge is -2.15. The van der Waals surface area contributed by atoms with Crippen molar-refractivity contribution in [2.45, 2.75) is 33.4 Å². The molecule has 0 spiro atoms. The molecular formula is C14H17N5O3. The molecule has 1 N–H and O–H groups in total. The van der Waals surface area contributed by atoms with Crippen molar-refractivity contribution in [1.82, 2.24) is 20.1 Å². The summed E-state index contributed by atoms with van der Waals surface area (Å²) in [7, 11) is 0. The summed E-state index contributed by atoms with van der Waals surface area (Å²) >= 11 is 0. The second-order valence-corrected chi connectivity index (χ2v) is 5.13. The van der Waals surface area contributed by atoms with Crippen LogP contribution in [0, 0.1) is 24.0 Å². The zero-order chi connectivity index (χ0) is 16.3. The monoisotopic (exact) mass is 303 g/mol. The number of aromatic nitrogens is 3. The van der Waals surface area contributed by atoms with Gasteiger partial charge in [0.05, 0.1) is 6.04 Å². The first-order valence-corrected chi connectivity index (χ1v) is 6.77. The lowest BCUT2D eigenvalue weighted by Crippen LogP contribution is -2.30. The van der Waals surface area contributed by atoms with E-state index in [1.54, 1.807) is 0 Å². The molecule has 1 aromatic heterocycles. The number of rotatable bonds is 5. The average Bonchev–Trinajstić information content (AvgIpc) is 2.90. The summed E-state index contributed by atoms with van der Waals surface area (Å²) in [4.78, 5) is 25.2. The number of amides is 1. The van der Waals surface area contributed by atoms with Crippen LogP contribution in [0.3, 0.4) is 0 Å². The minimum Gasteiger partial charge on any atom is -0.390 e. The fraction of sp³-hybridized carbons (Fsp3) is 0.357. The van der Waals surface area contributed by atoms with Gasteiger partial charge in [0.25, 0.3) is 0 Å². The number of nitrogens with zero attached hydrogens (tertiary/aromatic N) is 4. The number of nitrogens with one attached hydrogen (secondary N) is 1. The molecule has 0 radical (unpaired) electrons. The summed E-state index contributed by atoms with van der Waals surface area (Å²) in [6, 6.07) is 5.84. The van der Waals surface area contributed by atoms with Gasteiger partial charge in [0, 0.05) is 5.10 Å². The molecule has 0 fully saturated rings. The third kappa shape index (κ3) is 3.66. The zero-order valence-corrected chi connectivity index (χ0v) is 12.6. The lowest BCUT2D eigenvalue weighted by molar-refractivity contribution is -0.394. The van der Waals surface area contributed by atoms with Crippen molar-refractivity contribution in [2.24, 2.45) is 0 Å². The third-order valence-electron chi connectivity index (χ3n) is 3.40. The van der Waals surface area contributed by atoms with E-state index >= 15 is 0 Å². The maximum absolute atomic E-state index is 12.0. The quantitative estimate of drug-likeness (QED) is 0.668. The first kappa shape index (κ1) is 15.6. The van der Waals surface area contributed by atoms with Crippen LogP contribution in [0.25, 0.3) is 0 Å². The van der Waals surface area contributed by atoms with Crippen molar-refractivity contribution in [3.05, 3.63) is 51.3 Å². The summed E-state index contributed by atoms with van der Waals surface area (Å²) in [5.74, 6) is -0.805. The summed E-state index contributed by atoms with van der Waals surface area (Å²) < 4.78 is 1.14. The molecule has 0 saturated heterocycles. The Morgan fingerprint density at radius 2 is 2.14 bits per heavy atom. The maximum atomic E-state index is 12.0. The van der Waals surface area contributed by atoms with Crippen molar-refractivity contribution in [3.8, 4) is 0 Å². The van der Waals surface area contributed by atoms with Gasteiger partial charge >= 0.3 is 5.95 Å². The minimum absolute atomic E-state index is 0.115. The van der Waals surface area contributed by atoms with Gasteiger partial charge in [0.15, 0.2) is 0 Å². The molecule has 0 bridgehead atoms. The topological polar surface area (TPSA) is 103 Å². The van der Waals surface area contributed by atoms with Gasteiger partial charge in [0.2, 0.25) is 12.2 Å². The normalized spacial score (nSPS) is 12.0. The van der Waals surface area contributed by atoms with E-state index in [1.807, 2.05) is 39.0 Å². The van der Waals surface area contributed by atoms with Crippen LogP contribution in [-0.2, 0) is 11.3 Å². The molecule has 1 unspecified atom stereocenters. The van der Waals surface area contributed by atoms with Gasteiger partial charge in [-0.3, -0.25) is 4.79 Å². The Morgan fingerprint density at radius 1 is 1.41 bits per heavy atom. The van der Waals surface area contributed by atoms with Crippen LogP contribution in [0.5, 0.6) is 0 Å². The molecule has 1 aromatic carbocycles. The molecule has 1 heterocycles. The Labute approximate surface area is 127 Å². The summed E-state index contributed by atoms with van der Waals surface area (Å²) in [5, 5.41) is 16.9. The van der Waals surface area contributed by atoms with Crippen LogP contribution in [0.2, 0.25) is 0 Å². The van der Waals surface area contributed by atoms with Crippen LogP contribution >= 0.6 is 0 Å². The number of hydrogen-bond donors (Lipinski definition) is 1. The SMILES string of the molecule is Cc1ccc(C(C)NC(=O)Cn2cnc([N+](=O)[O-])n2)cc1C. The average molecular weight is 303 g/mol. The number of benzene rings is 1. The number of nitro groups is 1. The highest BCUT2D eigenvalue weighted by atomic mass is 16.6. The van der Waals surface area contributed by atoms with Gasteiger partial charge in [-0.2, -0.15) is 4.68 Å². The highest BCUT2D eigenvalue weighted by Crippen LogP contribution is 2.16.